The van der Waals surface area contributed by atoms with Gasteiger partial charge in [0.15, 0.2) is 0 Å². The maximum Gasteiger partial charge on any atom is 0.573 e. The van der Waals surface area contributed by atoms with Crippen LogP contribution < -0.4 is 10.1 Å². The van der Waals surface area contributed by atoms with Crippen LogP contribution in [0.3, 0.4) is 0 Å². The standard InChI is InChI=1S/C21H21F3N4O2/c1-27-11-8-16-18(27)17(20(29)28-9-3-2-4-10-28)13-25-19(16)26-14-6-5-7-15(12-14)30-21(22,23)24/h5-8,11-13H,2-4,9-10H2,1H3,(H,25,26). The van der Waals surface area contributed by atoms with E-state index in [1.807, 2.05) is 28.8 Å². The number of nitrogens with zero attached hydrogens (tertiary/aromatic N) is 3. The number of alkyl halides is 3. The zero-order chi connectivity index (χ0) is 21.3. The molecule has 4 rings (SSSR count). The number of fused-ring (bicyclic) bond motifs is 1. The first-order valence-electron chi connectivity index (χ1n) is 9.68. The Kier molecular flexibility index (Phi) is 5.27. The van der Waals surface area contributed by atoms with Crippen LogP contribution in [0.1, 0.15) is 29.6 Å². The number of benzene rings is 1. The lowest BCUT2D eigenvalue weighted by atomic mass is 10.1. The fourth-order valence-electron chi connectivity index (χ4n) is 3.75. The molecule has 0 radical (unpaired) electrons. The summed E-state index contributed by atoms with van der Waals surface area (Å²) >= 11 is 0. The normalized spacial score (nSPS) is 14.7. The van der Waals surface area contributed by atoms with Gasteiger partial charge in [-0.3, -0.25) is 4.79 Å². The molecule has 6 nitrogen and oxygen atoms in total. The second kappa shape index (κ2) is 7.89. The summed E-state index contributed by atoms with van der Waals surface area (Å²) in [6.45, 7) is 1.47. The lowest BCUT2D eigenvalue weighted by molar-refractivity contribution is -0.274. The van der Waals surface area contributed by atoms with Crippen molar-refractivity contribution in [2.45, 2.75) is 25.6 Å². The molecule has 1 saturated heterocycles. The van der Waals surface area contributed by atoms with Crippen molar-refractivity contribution >= 4 is 28.3 Å². The van der Waals surface area contributed by atoms with E-state index in [-0.39, 0.29) is 11.7 Å². The Hall–Kier alpha value is -3.23. The van der Waals surface area contributed by atoms with E-state index in [1.54, 1.807) is 6.07 Å². The van der Waals surface area contributed by atoms with Crippen LogP contribution in [0.4, 0.5) is 24.7 Å². The van der Waals surface area contributed by atoms with Gasteiger partial charge in [0, 0.05) is 49.7 Å². The summed E-state index contributed by atoms with van der Waals surface area (Å²) in [6, 6.07) is 7.38. The van der Waals surface area contributed by atoms with Crippen LogP contribution in [0.25, 0.3) is 10.9 Å². The molecule has 1 aromatic carbocycles. The summed E-state index contributed by atoms with van der Waals surface area (Å²) in [4.78, 5) is 19.3. The number of pyridine rings is 1. The van der Waals surface area contributed by atoms with Crippen LogP contribution >= 0.6 is 0 Å². The highest BCUT2D eigenvalue weighted by Gasteiger charge is 2.31. The Morgan fingerprint density at radius 3 is 2.67 bits per heavy atom. The van der Waals surface area contributed by atoms with Gasteiger partial charge in [0.2, 0.25) is 0 Å². The van der Waals surface area contributed by atoms with E-state index in [4.69, 9.17) is 0 Å². The first-order chi connectivity index (χ1) is 14.3. The number of rotatable bonds is 4. The first kappa shape index (κ1) is 20.1. The van der Waals surface area contributed by atoms with Gasteiger partial charge in [-0.2, -0.15) is 0 Å². The number of aryl methyl sites for hydroxylation is 1. The van der Waals surface area contributed by atoms with Crippen molar-refractivity contribution < 1.29 is 22.7 Å². The summed E-state index contributed by atoms with van der Waals surface area (Å²) in [5.74, 6) is 0.0692. The molecule has 3 aromatic rings. The number of amides is 1. The summed E-state index contributed by atoms with van der Waals surface area (Å²) in [7, 11) is 1.84. The van der Waals surface area contributed by atoms with Gasteiger partial charge in [0.1, 0.15) is 11.6 Å². The van der Waals surface area contributed by atoms with Crippen LogP contribution in [0.15, 0.2) is 42.7 Å². The average molecular weight is 418 g/mol. The zero-order valence-electron chi connectivity index (χ0n) is 16.4. The molecule has 30 heavy (non-hydrogen) atoms. The van der Waals surface area contributed by atoms with E-state index in [2.05, 4.69) is 15.0 Å². The Morgan fingerprint density at radius 1 is 1.17 bits per heavy atom. The van der Waals surface area contributed by atoms with E-state index in [9.17, 15) is 18.0 Å². The molecule has 0 saturated carbocycles. The SMILES string of the molecule is Cn1ccc2c(Nc3cccc(OC(F)(F)F)c3)ncc(C(=O)N3CCCCC3)c21. The number of halogens is 3. The van der Waals surface area contributed by atoms with Crippen LogP contribution in [0, 0.1) is 0 Å². The monoisotopic (exact) mass is 418 g/mol. The number of hydrogen-bond acceptors (Lipinski definition) is 4. The molecule has 0 aliphatic carbocycles. The minimum absolute atomic E-state index is 0.0545. The predicted molar refractivity (Wildman–Crippen MR) is 107 cm³/mol. The zero-order valence-corrected chi connectivity index (χ0v) is 16.4. The second-order valence-corrected chi connectivity index (χ2v) is 7.26. The maximum absolute atomic E-state index is 13.0. The summed E-state index contributed by atoms with van der Waals surface area (Å²) in [5.41, 5.74) is 1.63. The molecule has 1 amide bonds. The molecule has 0 bridgehead atoms. The topological polar surface area (TPSA) is 59.4 Å². The van der Waals surface area contributed by atoms with E-state index in [1.165, 1.54) is 24.4 Å². The molecule has 1 fully saturated rings. The smallest absolute Gasteiger partial charge is 0.406 e. The molecule has 0 atom stereocenters. The highest BCUT2D eigenvalue weighted by Crippen LogP contribution is 2.31. The van der Waals surface area contributed by atoms with Crippen LogP contribution in [0.2, 0.25) is 0 Å². The van der Waals surface area contributed by atoms with Crippen LogP contribution in [-0.2, 0) is 7.05 Å². The van der Waals surface area contributed by atoms with Gasteiger partial charge in [-0.15, -0.1) is 13.2 Å². The molecule has 0 unspecified atom stereocenters. The number of carbonyl (C=O) groups excluding carboxylic acids is 1. The molecule has 0 spiro atoms. The number of anilines is 2. The molecule has 2 aromatic heterocycles. The van der Waals surface area contributed by atoms with Gasteiger partial charge < -0.3 is 19.5 Å². The molecule has 3 heterocycles. The summed E-state index contributed by atoms with van der Waals surface area (Å²) < 4.78 is 43.3. The van der Waals surface area contributed by atoms with Crippen molar-refractivity contribution in [2.75, 3.05) is 18.4 Å². The Labute approximate surface area is 171 Å². The lowest BCUT2D eigenvalue weighted by Crippen LogP contribution is -2.35. The average Bonchev–Trinajstić information content (AvgIpc) is 3.10. The van der Waals surface area contributed by atoms with E-state index >= 15 is 0 Å². The number of carbonyl (C=O) groups is 1. The Bertz CT molecular complexity index is 1070. The highest BCUT2D eigenvalue weighted by molar-refractivity contribution is 6.08. The number of likely N-dealkylation sites (tertiary alicyclic amines) is 1. The third kappa shape index (κ3) is 4.19. The van der Waals surface area contributed by atoms with Gasteiger partial charge >= 0.3 is 6.36 Å². The largest absolute Gasteiger partial charge is 0.573 e. The molecule has 158 valence electrons. The van der Waals surface area contributed by atoms with Crippen LogP contribution in [-0.4, -0.2) is 39.8 Å². The van der Waals surface area contributed by atoms with Gasteiger partial charge in [0.05, 0.1) is 11.1 Å². The van der Waals surface area contributed by atoms with E-state index in [0.29, 0.717) is 22.5 Å². The number of aromatic nitrogens is 2. The van der Waals surface area contributed by atoms with Crippen LogP contribution in [0.5, 0.6) is 5.75 Å². The minimum Gasteiger partial charge on any atom is -0.406 e. The van der Waals surface area contributed by atoms with Crippen molar-refractivity contribution in [3.63, 3.8) is 0 Å². The van der Waals surface area contributed by atoms with Crippen molar-refractivity contribution in [3.8, 4) is 5.75 Å². The van der Waals surface area contributed by atoms with Gasteiger partial charge in [-0.05, 0) is 37.5 Å². The Balaban J connectivity index is 1.65. The first-order valence-corrected chi connectivity index (χ1v) is 9.68. The lowest BCUT2D eigenvalue weighted by Gasteiger charge is -2.27. The number of piperidine rings is 1. The molecule has 1 aliphatic heterocycles. The number of ether oxygens (including phenoxy) is 1. The van der Waals surface area contributed by atoms with Crippen molar-refractivity contribution in [3.05, 3.63) is 48.3 Å². The van der Waals surface area contributed by atoms with Gasteiger partial charge in [-0.25, -0.2) is 4.98 Å². The number of nitrogens with one attached hydrogen (secondary N) is 1. The molecule has 9 heteroatoms. The third-order valence-corrected chi connectivity index (χ3v) is 5.11. The van der Waals surface area contributed by atoms with Crippen molar-refractivity contribution in [1.29, 1.82) is 0 Å². The highest BCUT2D eigenvalue weighted by atomic mass is 19.4. The van der Waals surface area contributed by atoms with Gasteiger partial charge in [0.25, 0.3) is 5.91 Å². The summed E-state index contributed by atoms with van der Waals surface area (Å²) in [5, 5.41) is 3.75. The molecular weight excluding hydrogens is 397 g/mol. The maximum atomic E-state index is 13.0. The minimum atomic E-state index is -4.76. The van der Waals surface area contributed by atoms with Gasteiger partial charge in [-0.1, -0.05) is 6.07 Å². The number of hydrogen-bond donors (Lipinski definition) is 1. The predicted octanol–water partition coefficient (Wildman–Crippen LogP) is 4.84. The molecule has 1 N–H and O–H groups in total. The molecule has 1 aliphatic rings. The summed E-state index contributed by atoms with van der Waals surface area (Å²) in [6.07, 6.45) is 1.70. The second-order valence-electron chi connectivity index (χ2n) is 7.26. The third-order valence-electron chi connectivity index (χ3n) is 5.11. The Morgan fingerprint density at radius 2 is 1.93 bits per heavy atom. The quantitative estimate of drug-likeness (QED) is 0.659. The van der Waals surface area contributed by atoms with Crippen molar-refractivity contribution in [1.82, 2.24) is 14.5 Å². The van der Waals surface area contributed by atoms with Crippen molar-refractivity contribution in [2.24, 2.45) is 7.05 Å². The fourth-order valence-corrected chi connectivity index (χ4v) is 3.75. The van der Waals surface area contributed by atoms with E-state index < -0.39 is 6.36 Å². The van der Waals surface area contributed by atoms with E-state index in [0.717, 1.165) is 37.9 Å². The fraction of sp³-hybridized carbons (Fsp3) is 0.333. The molecular formula is C21H21F3N4O2.